The molecule has 0 saturated heterocycles. The van der Waals surface area contributed by atoms with Crippen molar-refractivity contribution in [1.82, 2.24) is 4.98 Å². The largest absolute Gasteiger partial charge is 0.396 e. The van der Waals surface area contributed by atoms with Crippen molar-refractivity contribution in [3.05, 3.63) is 77.5 Å². The molecule has 0 unspecified atom stereocenters. The van der Waals surface area contributed by atoms with Crippen molar-refractivity contribution < 1.29 is 4.79 Å². The van der Waals surface area contributed by atoms with E-state index < -0.39 is 5.91 Å². The summed E-state index contributed by atoms with van der Waals surface area (Å²) >= 11 is 0. The number of pyridine rings is 1. The number of rotatable bonds is 4. The molecule has 0 saturated carbocycles. The molecule has 0 aliphatic heterocycles. The van der Waals surface area contributed by atoms with Crippen molar-refractivity contribution in [2.24, 2.45) is 27.9 Å². The van der Waals surface area contributed by atoms with Crippen molar-refractivity contribution in [2.45, 2.75) is 0 Å². The molecule has 7 heteroatoms. The Morgan fingerprint density at radius 3 is 2.27 bits per heavy atom. The van der Waals surface area contributed by atoms with E-state index in [2.05, 4.69) is 9.98 Å². The molecule has 0 bridgehead atoms. The summed E-state index contributed by atoms with van der Waals surface area (Å²) in [4.78, 5) is 20.3. The van der Waals surface area contributed by atoms with Gasteiger partial charge in [0.2, 0.25) is 0 Å². The van der Waals surface area contributed by atoms with Crippen molar-refractivity contribution in [2.75, 3.05) is 0 Å². The van der Waals surface area contributed by atoms with E-state index in [9.17, 15) is 4.79 Å². The Balaban J connectivity index is 2.30. The number of nitrogens with two attached hydrogens (primary N) is 4. The molecule has 3 aromatic rings. The van der Waals surface area contributed by atoms with Crippen LogP contribution in [0.5, 0.6) is 0 Å². The van der Waals surface area contributed by atoms with E-state index >= 15 is 0 Å². The first-order valence-electron chi connectivity index (χ1n) is 7.81. The second kappa shape index (κ2) is 6.94. The summed E-state index contributed by atoms with van der Waals surface area (Å²) in [6.07, 6.45) is 1.60. The highest BCUT2D eigenvalue weighted by atomic mass is 16.1. The third-order valence-electron chi connectivity index (χ3n) is 3.82. The van der Waals surface area contributed by atoms with Crippen molar-refractivity contribution >= 4 is 34.2 Å². The molecule has 26 heavy (non-hydrogen) atoms. The summed E-state index contributed by atoms with van der Waals surface area (Å²) in [7, 11) is 0. The van der Waals surface area contributed by atoms with Crippen LogP contribution in [-0.4, -0.2) is 16.9 Å². The molecule has 0 fully saturated rings. The quantitative estimate of drug-likeness (QED) is 0.320. The molecule has 1 amide bonds. The fourth-order valence-electron chi connectivity index (χ4n) is 2.68. The molecular formula is C19H18N6O. The van der Waals surface area contributed by atoms with Gasteiger partial charge in [-0.3, -0.25) is 9.78 Å². The summed E-state index contributed by atoms with van der Waals surface area (Å²) in [6, 6.07) is 16.3. The molecule has 8 N–H and O–H groups in total. The van der Waals surface area contributed by atoms with Crippen LogP contribution in [0.15, 0.2) is 65.8 Å². The maximum Gasteiger partial charge on any atom is 0.250 e. The van der Waals surface area contributed by atoms with Crippen molar-refractivity contribution in [1.29, 1.82) is 0 Å². The third-order valence-corrected chi connectivity index (χ3v) is 3.82. The van der Waals surface area contributed by atoms with E-state index in [1.165, 1.54) is 0 Å². The SMILES string of the molecule is NC(=O)c1cc(/C(N)=C(/N=C(N)N)c2ccccc2)cc2cccnc12. The molecule has 2 aromatic carbocycles. The molecule has 0 aliphatic carbocycles. The van der Waals surface area contributed by atoms with Crippen LogP contribution < -0.4 is 22.9 Å². The van der Waals surface area contributed by atoms with E-state index in [1.54, 1.807) is 18.3 Å². The monoisotopic (exact) mass is 346 g/mol. The fourth-order valence-corrected chi connectivity index (χ4v) is 2.68. The van der Waals surface area contributed by atoms with Gasteiger partial charge in [-0.1, -0.05) is 36.4 Å². The number of guanidine groups is 1. The van der Waals surface area contributed by atoms with Gasteiger partial charge in [0.05, 0.1) is 22.5 Å². The zero-order valence-corrected chi connectivity index (χ0v) is 13.9. The lowest BCUT2D eigenvalue weighted by Gasteiger charge is -2.12. The van der Waals surface area contributed by atoms with E-state index in [4.69, 9.17) is 22.9 Å². The van der Waals surface area contributed by atoms with Gasteiger partial charge in [0, 0.05) is 22.7 Å². The summed E-state index contributed by atoms with van der Waals surface area (Å²) in [5, 5.41) is 0.735. The van der Waals surface area contributed by atoms with Crippen LogP contribution in [0, 0.1) is 0 Å². The first kappa shape index (κ1) is 17.0. The molecule has 0 atom stereocenters. The van der Waals surface area contributed by atoms with Gasteiger partial charge in [0.25, 0.3) is 5.91 Å². The van der Waals surface area contributed by atoms with Gasteiger partial charge >= 0.3 is 0 Å². The van der Waals surface area contributed by atoms with Gasteiger partial charge in [0.15, 0.2) is 5.96 Å². The number of fused-ring (bicyclic) bond motifs is 1. The Morgan fingerprint density at radius 1 is 0.885 bits per heavy atom. The summed E-state index contributed by atoms with van der Waals surface area (Å²) in [6.45, 7) is 0. The topological polar surface area (TPSA) is 146 Å². The average molecular weight is 346 g/mol. The van der Waals surface area contributed by atoms with Gasteiger partial charge in [-0.25, -0.2) is 4.99 Å². The minimum atomic E-state index is -0.591. The summed E-state index contributed by atoms with van der Waals surface area (Å²) in [5.74, 6) is -0.712. The van der Waals surface area contributed by atoms with Gasteiger partial charge in [-0.2, -0.15) is 0 Å². The highest BCUT2D eigenvalue weighted by molar-refractivity contribution is 6.07. The fraction of sp³-hybridized carbons (Fsp3) is 0. The molecule has 0 radical (unpaired) electrons. The van der Waals surface area contributed by atoms with Crippen LogP contribution in [-0.2, 0) is 0 Å². The highest BCUT2D eigenvalue weighted by Crippen LogP contribution is 2.27. The molecule has 1 heterocycles. The molecule has 130 valence electrons. The predicted octanol–water partition coefficient (Wildman–Crippen LogP) is 1.39. The van der Waals surface area contributed by atoms with Crippen molar-refractivity contribution in [3.63, 3.8) is 0 Å². The van der Waals surface area contributed by atoms with Gasteiger partial charge < -0.3 is 22.9 Å². The van der Waals surface area contributed by atoms with E-state index in [1.807, 2.05) is 42.5 Å². The van der Waals surface area contributed by atoms with E-state index in [0.29, 0.717) is 22.5 Å². The van der Waals surface area contributed by atoms with E-state index in [0.717, 1.165) is 10.9 Å². The maximum atomic E-state index is 11.9. The number of nitrogens with zero attached hydrogens (tertiary/aromatic N) is 2. The average Bonchev–Trinajstić information content (AvgIpc) is 2.65. The van der Waals surface area contributed by atoms with Crippen LogP contribution in [0.25, 0.3) is 22.3 Å². The number of aliphatic imine (C=N–C) groups is 1. The lowest BCUT2D eigenvalue weighted by molar-refractivity contribution is 0.100. The zero-order valence-electron chi connectivity index (χ0n) is 13.9. The normalized spacial score (nSPS) is 11.7. The van der Waals surface area contributed by atoms with Crippen LogP contribution in [0.2, 0.25) is 0 Å². The number of hydrogen-bond donors (Lipinski definition) is 4. The third kappa shape index (κ3) is 3.32. The first-order valence-corrected chi connectivity index (χ1v) is 7.81. The molecular weight excluding hydrogens is 328 g/mol. The Hall–Kier alpha value is -3.87. The van der Waals surface area contributed by atoms with Crippen LogP contribution in [0.1, 0.15) is 21.5 Å². The van der Waals surface area contributed by atoms with Crippen LogP contribution in [0.4, 0.5) is 0 Å². The molecule has 7 nitrogen and oxygen atoms in total. The summed E-state index contributed by atoms with van der Waals surface area (Å²) in [5.41, 5.74) is 25.8. The highest BCUT2D eigenvalue weighted by Gasteiger charge is 2.14. The van der Waals surface area contributed by atoms with E-state index in [-0.39, 0.29) is 11.5 Å². The smallest absolute Gasteiger partial charge is 0.250 e. The number of hydrogen-bond acceptors (Lipinski definition) is 4. The molecule has 0 spiro atoms. The maximum absolute atomic E-state index is 11.9. The number of amides is 1. The second-order valence-corrected chi connectivity index (χ2v) is 5.63. The minimum absolute atomic E-state index is 0.121. The molecule has 1 aromatic heterocycles. The lowest BCUT2D eigenvalue weighted by Crippen LogP contribution is -2.23. The van der Waals surface area contributed by atoms with Crippen LogP contribution in [0.3, 0.4) is 0 Å². The number of carbonyl (C=O) groups excluding carboxylic acids is 1. The number of primary amides is 1. The Bertz CT molecular complexity index is 1040. The Labute approximate surface area is 150 Å². The van der Waals surface area contributed by atoms with Gasteiger partial charge in [-0.05, 0) is 18.2 Å². The van der Waals surface area contributed by atoms with Crippen LogP contribution >= 0.6 is 0 Å². The predicted molar refractivity (Wildman–Crippen MR) is 104 cm³/mol. The number of carbonyl (C=O) groups is 1. The Morgan fingerprint density at radius 2 is 1.62 bits per heavy atom. The van der Waals surface area contributed by atoms with Gasteiger partial charge in [-0.15, -0.1) is 0 Å². The molecule has 0 aliphatic rings. The summed E-state index contributed by atoms with van der Waals surface area (Å²) < 4.78 is 0. The number of benzene rings is 2. The van der Waals surface area contributed by atoms with Crippen molar-refractivity contribution in [3.8, 4) is 0 Å². The number of aromatic nitrogens is 1. The molecule has 3 rings (SSSR count). The minimum Gasteiger partial charge on any atom is -0.396 e. The second-order valence-electron chi connectivity index (χ2n) is 5.63. The van der Waals surface area contributed by atoms with Gasteiger partial charge in [0.1, 0.15) is 0 Å². The lowest BCUT2D eigenvalue weighted by atomic mass is 10.00. The Kier molecular flexibility index (Phi) is 4.53. The standard InChI is InChI=1S/C19H18N6O/c20-15(17(25-19(22)23)11-5-2-1-3-6-11)13-9-12-7-4-8-24-16(12)14(10-13)18(21)26/h1-10H,20H2,(H2,21,26)(H4,22,23,25)/b17-15-. The first-order chi connectivity index (χ1) is 12.5. The zero-order chi connectivity index (χ0) is 18.7.